The van der Waals surface area contributed by atoms with Crippen LogP contribution in [0.1, 0.15) is 27.9 Å². The number of thiophene rings is 1. The number of rotatable bonds is 3. The van der Waals surface area contributed by atoms with Crippen molar-refractivity contribution in [3.05, 3.63) is 25.9 Å². The second kappa shape index (κ2) is 6.51. The summed E-state index contributed by atoms with van der Waals surface area (Å²) in [6.45, 7) is 4.86. The average molecular weight is 320 g/mol. The van der Waals surface area contributed by atoms with Crippen LogP contribution in [-0.2, 0) is 0 Å². The first-order chi connectivity index (χ1) is 8.93. The van der Waals surface area contributed by atoms with Crippen molar-refractivity contribution in [1.82, 2.24) is 4.90 Å². The number of likely N-dealkylation sites (tertiary alicyclic amines) is 1. The molecule has 2 unspecified atom stereocenters. The van der Waals surface area contributed by atoms with Gasteiger partial charge in [-0.2, -0.15) is 0 Å². The smallest absolute Gasteiger partial charge is 0.283 e. The number of carbonyl (C=O) groups excluding carboxylic acids is 1. The zero-order chi connectivity index (χ0) is 14.2. The minimum Gasteiger partial charge on any atom is -0.335 e. The van der Waals surface area contributed by atoms with E-state index in [0.29, 0.717) is 28.8 Å². The third-order valence-corrected chi connectivity index (χ3v) is 4.58. The standard InChI is InChI=1S/C12H17N3O3S.ClH/c1-7-3-9(5-13)6-14(7)12(16)11-4-10(15(17)18)8(2)19-11;/h4,7,9H,3,5-6,13H2,1-2H3;1H. The Morgan fingerprint density at radius 1 is 1.65 bits per heavy atom. The van der Waals surface area contributed by atoms with E-state index < -0.39 is 4.92 Å². The molecule has 1 aliphatic rings. The van der Waals surface area contributed by atoms with E-state index in [9.17, 15) is 14.9 Å². The van der Waals surface area contributed by atoms with Gasteiger partial charge in [-0.1, -0.05) is 0 Å². The minimum atomic E-state index is -0.446. The van der Waals surface area contributed by atoms with E-state index >= 15 is 0 Å². The number of hydrogen-bond donors (Lipinski definition) is 1. The maximum absolute atomic E-state index is 12.4. The summed E-state index contributed by atoms with van der Waals surface area (Å²) in [5.74, 6) is 0.208. The summed E-state index contributed by atoms with van der Waals surface area (Å²) >= 11 is 1.18. The van der Waals surface area contributed by atoms with Crippen molar-refractivity contribution in [1.29, 1.82) is 0 Å². The highest BCUT2D eigenvalue weighted by atomic mass is 35.5. The van der Waals surface area contributed by atoms with E-state index in [1.165, 1.54) is 17.4 Å². The Kier molecular flexibility index (Phi) is 5.50. The van der Waals surface area contributed by atoms with Crippen LogP contribution < -0.4 is 5.73 Å². The van der Waals surface area contributed by atoms with Crippen molar-refractivity contribution >= 4 is 35.3 Å². The number of aryl methyl sites for hydroxylation is 1. The normalized spacial score (nSPS) is 21.6. The predicted molar refractivity (Wildman–Crippen MR) is 80.6 cm³/mol. The molecule has 1 fully saturated rings. The van der Waals surface area contributed by atoms with Crippen molar-refractivity contribution in [2.24, 2.45) is 11.7 Å². The van der Waals surface area contributed by atoms with Gasteiger partial charge in [0.2, 0.25) is 0 Å². The summed E-state index contributed by atoms with van der Waals surface area (Å²) in [4.78, 5) is 25.5. The lowest BCUT2D eigenvalue weighted by molar-refractivity contribution is -0.385. The summed E-state index contributed by atoms with van der Waals surface area (Å²) < 4.78 is 0. The second-order valence-corrected chi connectivity index (χ2v) is 6.21. The van der Waals surface area contributed by atoms with Crippen LogP contribution in [0.15, 0.2) is 6.07 Å². The Morgan fingerprint density at radius 3 is 2.75 bits per heavy atom. The second-order valence-electron chi connectivity index (χ2n) is 4.95. The van der Waals surface area contributed by atoms with Gasteiger partial charge in [0.05, 0.1) is 14.7 Å². The molecule has 1 saturated heterocycles. The number of nitrogens with zero attached hydrogens (tertiary/aromatic N) is 2. The molecule has 0 saturated carbocycles. The minimum absolute atomic E-state index is 0. The van der Waals surface area contributed by atoms with Crippen LogP contribution in [0.4, 0.5) is 5.69 Å². The van der Waals surface area contributed by atoms with E-state index in [0.717, 1.165) is 6.42 Å². The van der Waals surface area contributed by atoms with Gasteiger partial charge in [-0.05, 0) is 32.7 Å². The summed E-state index contributed by atoms with van der Waals surface area (Å²) in [5.41, 5.74) is 5.66. The predicted octanol–water partition coefficient (Wildman–Crippen LogP) is 2.20. The molecule has 0 aliphatic carbocycles. The fourth-order valence-corrected chi connectivity index (χ4v) is 3.44. The molecule has 0 bridgehead atoms. The van der Waals surface area contributed by atoms with Crippen LogP contribution in [-0.4, -0.2) is 34.9 Å². The van der Waals surface area contributed by atoms with E-state index in [4.69, 9.17) is 5.73 Å². The van der Waals surface area contributed by atoms with Crippen LogP contribution in [0.3, 0.4) is 0 Å². The Labute approximate surface area is 127 Å². The Bertz CT molecular complexity index is 520. The molecular weight excluding hydrogens is 302 g/mol. The number of nitro groups is 1. The zero-order valence-electron chi connectivity index (χ0n) is 11.4. The molecule has 2 N–H and O–H groups in total. The SMILES string of the molecule is Cc1sc(C(=O)N2CC(CN)CC2C)cc1[N+](=O)[O-].Cl. The fourth-order valence-electron chi connectivity index (χ4n) is 2.50. The number of hydrogen-bond acceptors (Lipinski definition) is 5. The largest absolute Gasteiger partial charge is 0.335 e. The summed E-state index contributed by atoms with van der Waals surface area (Å²) in [6.07, 6.45) is 0.898. The van der Waals surface area contributed by atoms with Crippen LogP contribution in [0.25, 0.3) is 0 Å². The van der Waals surface area contributed by atoms with E-state index in [1.54, 1.807) is 11.8 Å². The first-order valence-corrected chi connectivity index (χ1v) is 7.01. The van der Waals surface area contributed by atoms with Crippen molar-refractivity contribution in [3.63, 3.8) is 0 Å². The maximum Gasteiger partial charge on any atom is 0.283 e. The van der Waals surface area contributed by atoms with E-state index in [1.807, 2.05) is 6.92 Å². The van der Waals surface area contributed by atoms with E-state index in [2.05, 4.69) is 0 Å². The molecule has 1 amide bonds. The van der Waals surface area contributed by atoms with Crippen molar-refractivity contribution in [3.8, 4) is 0 Å². The molecule has 0 spiro atoms. The Hall–Kier alpha value is -1.18. The van der Waals surface area contributed by atoms with Gasteiger partial charge in [0.15, 0.2) is 0 Å². The van der Waals surface area contributed by atoms with Crippen LogP contribution in [0, 0.1) is 23.0 Å². The summed E-state index contributed by atoms with van der Waals surface area (Å²) in [6, 6.07) is 1.52. The van der Waals surface area contributed by atoms with Gasteiger partial charge in [-0.15, -0.1) is 23.7 Å². The fraction of sp³-hybridized carbons (Fsp3) is 0.583. The van der Waals surface area contributed by atoms with Gasteiger partial charge in [0.25, 0.3) is 11.6 Å². The lowest BCUT2D eigenvalue weighted by Crippen LogP contribution is -2.33. The Balaban J connectivity index is 0.00000200. The molecule has 8 heteroatoms. The number of amides is 1. The highest BCUT2D eigenvalue weighted by Gasteiger charge is 2.33. The number of carbonyl (C=O) groups is 1. The van der Waals surface area contributed by atoms with E-state index in [-0.39, 0.29) is 30.0 Å². The van der Waals surface area contributed by atoms with Gasteiger partial charge in [0.1, 0.15) is 0 Å². The quantitative estimate of drug-likeness (QED) is 0.683. The van der Waals surface area contributed by atoms with Gasteiger partial charge < -0.3 is 10.6 Å². The van der Waals surface area contributed by atoms with Gasteiger partial charge in [-0.25, -0.2) is 0 Å². The third-order valence-electron chi connectivity index (χ3n) is 3.55. The van der Waals surface area contributed by atoms with Crippen molar-refractivity contribution < 1.29 is 9.72 Å². The lowest BCUT2D eigenvalue weighted by atomic mass is 10.1. The third kappa shape index (κ3) is 3.11. The molecule has 0 radical (unpaired) electrons. The molecule has 1 aromatic rings. The van der Waals surface area contributed by atoms with Gasteiger partial charge in [-0.3, -0.25) is 14.9 Å². The molecule has 1 aromatic heterocycles. The molecule has 2 heterocycles. The van der Waals surface area contributed by atoms with Crippen molar-refractivity contribution in [2.75, 3.05) is 13.1 Å². The van der Waals surface area contributed by atoms with Gasteiger partial charge in [0, 0.05) is 18.7 Å². The molecule has 1 aliphatic heterocycles. The maximum atomic E-state index is 12.4. The van der Waals surface area contributed by atoms with Crippen LogP contribution >= 0.6 is 23.7 Å². The molecular formula is C12H18ClN3O3S. The molecule has 0 aromatic carbocycles. The zero-order valence-corrected chi connectivity index (χ0v) is 13.0. The van der Waals surface area contributed by atoms with Gasteiger partial charge >= 0.3 is 0 Å². The first kappa shape index (κ1) is 16.9. The summed E-state index contributed by atoms with van der Waals surface area (Å²) in [7, 11) is 0. The summed E-state index contributed by atoms with van der Waals surface area (Å²) in [5, 5.41) is 10.8. The number of nitrogens with two attached hydrogens (primary N) is 1. The lowest BCUT2D eigenvalue weighted by Gasteiger charge is -2.20. The first-order valence-electron chi connectivity index (χ1n) is 6.20. The molecule has 20 heavy (non-hydrogen) atoms. The molecule has 112 valence electrons. The highest BCUT2D eigenvalue weighted by molar-refractivity contribution is 7.14. The number of halogens is 1. The molecule has 6 nitrogen and oxygen atoms in total. The monoisotopic (exact) mass is 319 g/mol. The molecule has 2 atom stereocenters. The average Bonchev–Trinajstić information content (AvgIpc) is 2.91. The van der Waals surface area contributed by atoms with Crippen molar-refractivity contribution in [2.45, 2.75) is 26.3 Å². The topological polar surface area (TPSA) is 89.5 Å². The van der Waals surface area contributed by atoms with Crippen LogP contribution in [0.2, 0.25) is 0 Å². The van der Waals surface area contributed by atoms with Crippen LogP contribution in [0.5, 0.6) is 0 Å². The Morgan fingerprint density at radius 2 is 2.30 bits per heavy atom. The molecule has 2 rings (SSSR count). The highest BCUT2D eigenvalue weighted by Crippen LogP contribution is 2.31.